The molecule has 2 N–H and O–H groups in total. The lowest BCUT2D eigenvalue weighted by Crippen LogP contribution is -2.39. The van der Waals surface area contributed by atoms with Crippen molar-refractivity contribution in [2.75, 3.05) is 20.2 Å². The number of halogens is 1. The molecular formula is C16H25ClN2O. The second kappa shape index (κ2) is 7.30. The molecule has 4 heteroatoms. The third-order valence-corrected chi connectivity index (χ3v) is 4.69. The molecule has 1 fully saturated rings. The Bertz CT molecular complexity index is 438. The van der Waals surface area contributed by atoms with Crippen LogP contribution in [0.5, 0.6) is 5.75 Å². The summed E-state index contributed by atoms with van der Waals surface area (Å²) in [6, 6.07) is 6.67. The van der Waals surface area contributed by atoms with Gasteiger partial charge in [-0.05, 0) is 49.5 Å². The Morgan fingerprint density at radius 1 is 1.40 bits per heavy atom. The van der Waals surface area contributed by atoms with E-state index >= 15 is 0 Å². The molecule has 20 heavy (non-hydrogen) atoms. The van der Waals surface area contributed by atoms with Gasteiger partial charge in [-0.3, -0.25) is 4.90 Å². The van der Waals surface area contributed by atoms with Crippen molar-refractivity contribution in [2.45, 2.75) is 38.8 Å². The van der Waals surface area contributed by atoms with Gasteiger partial charge >= 0.3 is 0 Å². The molecule has 1 aliphatic carbocycles. The smallest absolute Gasteiger partial charge is 0.137 e. The van der Waals surface area contributed by atoms with E-state index in [1.54, 1.807) is 7.11 Å². The molecule has 0 amide bonds. The Kier molecular flexibility index (Phi) is 5.70. The van der Waals surface area contributed by atoms with Crippen LogP contribution in [0, 0.1) is 5.92 Å². The zero-order valence-electron chi connectivity index (χ0n) is 12.4. The predicted octanol–water partition coefficient (Wildman–Crippen LogP) is 3.30. The van der Waals surface area contributed by atoms with Crippen LogP contribution in [0.25, 0.3) is 0 Å². The summed E-state index contributed by atoms with van der Waals surface area (Å²) < 4.78 is 5.20. The average Bonchev–Trinajstić information content (AvgIpc) is 2.93. The molecule has 0 radical (unpaired) electrons. The molecule has 0 aliphatic heterocycles. The second-order valence-corrected chi connectivity index (χ2v) is 5.93. The van der Waals surface area contributed by atoms with Crippen LogP contribution in [-0.4, -0.2) is 31.1 Å². The summed E-state index contributed by atoms with van der Waals surface area (Å²) in [7, 11) is 1.64. The van der Waals surface area contributed by atoms with Crippen LogP contribution < -0.4 is 10.5 Å². The fraction of sp³-hybridized carbons (Fsp3) is 0.625. The quantitative estimate of drug-likeness (QED) is 0.875. The lowest BCUT2D eigenvalue weighted by molar-refractivity contribution is 0.162. The van der Waals surface area contributed by atoms with Crippen LogP contribution in [0.1, 0.15) is 31.7 Å². The Balaban J connectivity index is 2.08. The van der Waals surface area contributed by atoms with Crippen LogP contribution in [0.4, 0.5) is 0 Å². The molecule has 1 aromatic rings. The molecule has 0 aromatic heterocycles. The van der Waals surface area contributed by atoms with Crippen molar-refractivity contribution in [2.24, 2.45) is 11.7 Å². The summed E-state index contributed by atoms with van der Waals surface area (Å²) in [5.74, 6) is 1.38. The van der Waals surface area contributed by atoms with Crippen molar-refractivity contribution in [1.29, 1.82) is 0 Å². The molecule has 2 unspecified atom stereocenters. The number of hydrogen-bond acceptors (Lipinski definition) is 3. The van der Waals surface area contributed by atoms with E-state index in [1.165, 1.54) is 24.8 Å². The van der Waals surface area contributed by atoms with Crippen LogP contribution in [0.3, 0.4) is 0 Å². The number of ether oxygens (including phenoxy) is 1. The normalized spacial score (nSPS) is 22.4. The first-order valence-electron chi connectivity index (χ1n) is 7.46. The largest absolute Gasteiger partial charge is 0.495 e. The van der Waals surface area contributed by atoms with Gasteiger partial charge in [0.15, 0.2) is 0 Å². The summed E-state index contributed by atoms with van der Waals surface area (Å²) in [5, 5.41) is 0.683. The topological polar surface area (TPSA) is 38.5 Å². The van der Waals surface area contributed by atoms with Crippen LogP contribution in [0.15, 0.2) is 18.2 Å². The van der Waals surface area contributed by atoms with Gasteiger partial charge < -0.3 is 10.5 Å². The van der Waals surface area contributed by atoms with E-state index in [9.17, 15) is 0 Å². The fourth-order valence-corrected chi connectivity index (χ4v) is 3.56. The van der Waals surface area contributed by atoms with Gasteiger partial charge in [0.25, 0.3) is 0 Å². The van der Waals surface area contributed by atoms with Gasteiger partial charge in [-0.1, -0.05) is 31.0 Å². The van der Waals surface area contributed by atoms with E-state index in [0.29, 0.717) is 17.0 Å². The van der Waals surface area contributed by atoms with Crippen molar-refractivity contribution in [3.05, 3.63) is 28.8 Å². The van der Waals surface area contributed by atoms with Crippen molar-refractivity contribution in [1.82, 2.24) is 4.90 Å². The Labute approximate surface area is 127 Å². The molecule has 2 rings (SSSR count). The van der Waals surface area contributed by atoms with Crippen molar-refractivity contribution in [3.8, 4) is 5.75 Å². The highest BCUT2D eigenvalue weighted by Crippen LogP contribution is 2.31. The van der Waals surface area contributed by atoms with E-state index in [1.807, 2.05) is 12.1 Å². The van der Waals surface area contributed by atoms with Gasteiger partial charge in [-0.25, -0.2) is 0 Å². The zero-order chi connectivity index (χ0) is 14.5. The third-order valence-electron chi connectivity index (χ3n) is 4.40. The molecule has 1 saturated carbocycles. The lowest BCUT2D eigenvalue weighted by atomic mass is 10.0. The van der Waals surface area contributed by atoms with E-state index in [2.05, 4.69) is 17.9 Å². The SMILES string of the molecule is CCN(Cc1ccc(OC)c(Cl)c1)C1CCCC1CN. The van der Waals surface area contributed by atoms with E-state index in [-0.39, 0.29) is 0 Å². The number of hydrogen-bond donors (Lipinski definition) is 1. The van der Waals surface area contributed by atoms with Gasteiger partial charge in [-0.15, -0.1) is 0 Å². The minimum atomic E-state index is 0.617. The van der Waals surface area contributed by atoms with Crippen molar-refractivity contribution >= 4 is 11.6 Å². The molecule has 2 atom stereocenters. The number of methoxy groups -OCH3 is 1. The summed E-state index contributed by atoms with van der Waals surface area (Å²) in [4.78, 5) is 2.53. The molecule has 1 aromatic carbocycles. The molecule has 1 aliphatic rings. The van der Waals surface area contributed by atoms with Gasteiger partial charge in [-0.2, -0.15) is 0 Å². The number of benzene rings is 1. The summed E-state index contributed by atoms with van der Waals surface area (Å²) in [6.07, 6.45) is 3.83. The van der Waals surface area contributed by atoms with Crippen molar-refractivity contribution in [3.63, 3.8) is 0 Å². The Morgan fingerprint density at radius 3 is 2.80 bits per heavy atom. The molecule has 0 spiro atoms. The molecule has 0 saturated heterocycles. The third kappa shape index (κ3) is 3.46. The van der Waals surface area contributed by atoms with Gasteiger partial charge in [0.1, 0.15) is 5.75 Å². The van der Waals surface area contributed by atoms with Crippen LogP contribution in [-0.2, 0) is 6.54 Å². The van der Waals surface area contributed by atoms with Crippen LogP contribution >= 0.6 is 11.6 Å². The first-order chi connectivity index (χ1) is 9.69. The van der Waals surface area contributed by atoms with E-state index in [0.717, 1.165) is 25.4 Å². The minimum absolute atomic E-state index is 0.617. The molecule has 3 nitrogen and oxygen atoms in total. The molecular weight excluding hydrogens is 272 g/mol. The monoisotopic (exact) mass is 296 g/mol. The maximum atomic E-state index is 6.21. The van der Waals surface area contributed by atoms with E-state index < -0.39 is 0 Å². The minimum Gasteiger partial charge on any atom is -0.495 e. The second-order valence-electron chi connectivity index (χ2n) is 5.53. The van der Waals surface area contributed by atoms with Gasteiger partial charge in [0.2, 0.25) is 0 Å². The van der Waals surface area contributed by atoms with Gasteiger partial charge in [0.05, 0.1) is 12.1 Å². The first-order valence-corrected chi connectivity index (χ1v) is 7.83. The van der Waals surface area contributed by atoms with Crippen molar-refractivity contribution < 1.29 is 4.74 Å². The maximum absolute atomic E-state index is 6.21. The average molecular weight is 297 g/mol. The number of rotatable bonds is 6. The van der Waals surface area contributed by atoms with Crippen LogP contribution in [0.2, 0.25) is 5.02 Å². The standard InChI is InChI=1S/C16H25ClN2O/c1-3-19(15-6-4-5-13(15)10-18)11-12-7-8-16(20-2)14(17)9-12/h7-9,13,15H,3-6,10-11,18H2,1-2H3. The number of nitrogens with zero attached hydrogens (tertiary/aromatic N) is 1. The first kappa shape index (κ1) is 15.6. The Hall–Kier alpha value is -0.770. The molecule has 0 heterocycles. The maximum Gasteiger partial charge on any atom is 0.137 e. The fourth-order valence-electron chi connectivity index (χ4n) is 3.28. The summed E-state index contributed by atoms with van der Waals surface area (Å²) in [5.41, 5.74) is 7.14. The summed E-state index contributed by atoms with van der Waals surface area (Å²) in [6.45, 7) is 4.99. The van der Waals surface area contributed by atoms with Gasteiger partial charge in [0, 0.05) is 12.6 Å². The summed E-state index contributed by atoms with van der Waals surface area (Å²) >= 11 is 6.21. The highest BCUT2D eigenvalue weighted by atomic mass is 35.5. The molecule has 0 bridgehead atoms. The lowest BCUT2D eigenvalue weighted by Gasteiger charge is -2.32. The van der Waals surface area contributed by atoms with E-state index in [4.69, 9.17) is 22.1 Å². The predicted molar refractivity (Wildman–Crippen MR) is 84.3 cm³/mol. The Morgan fingerprint density at radius 2 is 2.20 bits per heavy atom. The number of nitrogens with two attached hydrogens (primary N) is 1. The highest BCUT2D eigenvalue weighted by molar-refractivity contribution is 6.32. The zero-order valence-corrected chi connectivity index (χ0v) is 13.2. The highest BCUT2D eigenvalue weighted by Gasteiger charge is 2.30. The molecule has 112 valence electrons.